The van der Waals surface area contributed by atoms with Gasteiger partial charge >= 0.3 is 5.97 Å². The molecule has 22 heavy (non-hydrogen) atoms. The van der Waals surface area contributed by atoms with Gasteiger partial charge in [0, 0.05) is 10.5 Å². The third kappa shape index (κ3) is 4.57. The number of rotatable bonds is 4. The number of amides is 1. The lowest BCUT2D eigenvalue weighted by Gasteiger charge is -2.34. The van der Waals surface area contributed by atoms with Crippen molar-refractivity contribution in [3.05, 3.63) is 34.3 Å². The number of ether oxygens (including phenoxy) is 1. The molecule has 2 rings (SSSR count). The van der Waals surface area contributed by atoms with Gasteiger partial charge in [0.25, 0.3) is 5.91 Å². The van der Waals surface area contributed by atoms with E-state index in [1.165, 1.54) is 6.42 Å². The Morgan fingerprint density at radius 2 is 2.09 bits per heavy atom. The molecule has 1 fully saturated rings. The van der Waals surface area contributed by atoms with E-state index in [2.05, 4.69) is 35.1 Å². The minimum absolute atomic E-state index is 0.181. The first-order chi connectivity index (χ1) is 10.5. The summed E-state index contributed by atoms with van der Waals surface area (Å²) in [5.74, 6) is 0.359. The molecule has 1 aromatic rings. The van der Waals surface area contributed by atoms with E-state index >= 15 is 0 Å². The summed E-state index contributed by atoms with van der Waals surface area (Å²) in [6.45, 7) is 4.15. The second kappa shape index (κ2) is 7.77. The molecule has 0 spiro atoms. The summed E-state index contributed by atoms with van der Waals surface area (Å²) in [5, 5.41) is 2.99. The summed E-state index contributed by atoms with van der Waals surface area (Å²) in [4.78, 5) is 23.9. The van der Waals surface area contributed by atoms with Gasteiger partial charge in [-0.3, -0.25) is 4.79 Å². The van der Waals surface area contributed by atoms with E-state index in [9.17, 15) is 9.59 Å². The third-order valence-electron chi connectivity index (χ3n) is 4.45. The topological polar surface area (TPSA) is 55.4 Å². The Bertz CT molecular complexity index is 546. The fourth-order valence-corrected chi connectivity index (χ4v) is 3.26. The van der Waals surface area contributed by atoms with Gasteiger partial charge in [-0.25, -0.2) is 4.79 Å². The number of nitrogens with one attached hydrogen (secondary N) is 1. The van der Waals surface area contributed by atoms with E-state index in [-0.39, 0.29) is 18.6 Å². The number of benzene rings is 1. The van der Waals surface area contributed by atoms with Crippen molar-refractivity contribution in [2.75, 3.05) is 6.61 Å². The first kappa shape index (κ1) is 17.0. The van der Waals surface area contributed by atoms with Gasteiger partial charge in [0.15, 0.2) is 6.61 Å². The monoisotopic (exact) mass is 367 g/mol. The van der Waals surface area contributed by atoms with Crippen LogP contribution in [0.2, 0.25) is 0 Å². The number of hydrogen-bond acceptors (Lipinski definition) is 3. The molecule has 0 unspecified atom stereocenters. The number of halogens is 1. The lowest BCUT2D eigenvalue weighted by Crippen LogP contribution is -2.45. The lowest BCUT2D eigenvalue weighted by atomic mass is 9.78. The quantitative estimate of drug-likeness (QED) is 0.827. The van der Waals surface area contributed by atoms with Gasteiger partial charge in [0.2, 0.25) is 0 Å². The molecule has 120 valence electrons. The van der Waals surface area contributed by atoms with Gasteiger partial charge in [-0.2, -0.15) is 0 Å². The summed E-state index contributed by atoms with van der Waals surface area (Å²) in [6.07, 6.45) is 3.34. The molecule has 0 heterocycles. The Labute approximate surface area is 139 Å². The van der Waals surface area contributed by atoms with E-state index in [1.54, 1.807) is 18.2 Å². The Morgan fingerprint density at radius 1 is 1.32 bits per heavy atom. The highest BCUT2D eigenvalue weighted by Gasteiger charge is 2.28. The number of carbonyl (C=O) groups excluding carboxylic acids is 2. The van der Waals surface area contributed by atoms with Gasteiger partial charge in [0.1, 0.15) is 0 Å². The van der Waals surface area contributed by atoms with E-state index in [4.69, 9.17) is 4.74 Å². The third-order valence-corrected chi connectivity index (χ3v) is 4.94. The van der Waals surface area contributed by atoms with Gasteiger partial charge in [-0.15, -0.1) is 0 Å². The van der Waals surface area contributed by atoms with Crippen molar-refractivity contribution in [2.24, 2.45) is 11.8 Å². The summed E-state index contributed by atoms with van der Waals surface area (Å²) in [7, 11) is 0. The van der Waals surface area contributed by atoms with Crippen molar-refractivity contribution in [3.63, 3.8) is 0 Å². The van der Waals surface area contributed by atoms with E-state index < -0.39 is 5.97 Å². The van der Waals surface area contributed by atoms with Crippen LogP contribution < -0.4 is 5.32 Å². The van der Waals surface area contributed by atoms with Crippen LogP contribution in [0, 0.1) is 11.8 Å². The maximum absolute atomic E-state index is 12.0. The normalized spacial score (nSPS) is 24.6. The van der Waals surface area contributed by atoms with Crippen molar-refractivity contribution in [3.8, 4) is 0 Å². The summed E-state index contributed by atoms with van der Waals surface area (Å²) in [6, 6.07) is 7.10. The van der Waals surface area contributed by atoms with Crippen molar-refractivity contribution in [2.45, 2.75) is 39.2 Å². The summed E-state index contributed by atoms with van der Waals surface area (Å²) < 4.78 is 5.88. The first-order valence-electron chi connectivity index (χ1n) is 7.69. The highest BCUT2D eigenvalue weighted by atomic mass is 79.9. The Morgan fingerprint density at radius 3 is 2.82 bits per heavy atom. The molecule has 1 aliphatic rings. The predicted octanol–water partition coefficient (Wildman–Crippen LogP) is 3.55. The largest absolute Gasteiger partial charge is 0.452 e. The molecule has 5 heteroatoms. The van der Waals surface area contributed by atoms with Gasteiger partial charge in [-0.1, -0.05) is 48.7 Å². The first-order valence-corrected chi connectivity index (χ1v) is 8.48. The van der Waals surface area contributed by atoms with E-state index in [0.29, 0.717) is 17.4 Å². The Kier molecular flexibility index (Phi) is 6.00. The van der Waals surface area contributed by atoms with Crippen LogP contribution in [0.25, 0.3) is 0 Å². The van der Waals surface area contributed by atoms with Crippen LogP contribution in [0.1, 0.15) is 43.5 Å². The van der Waals surface area contributed by atoms with Crippen molar-refractivity contribution < 1.29 is 14.3 Å². The fourth-order valence-electron chi connectivity index (χ4n) is 2.86. The molecule has 1 amide bonds. The molecular formula is C17H22BrNO3. The molecule has 1 aliphatic carbocycles. The number of carbonyl (C=O) groups is 2. The molecular weight excluding hydrogens is 346 g/mol. The molecule has 1 aromatic carbocycles. The highest BCUT2D eigenvalue weighted by Crippen LogP contribution is 2.29. The van der Waals surface area contributed by atoms with Crippen LogP contribution in [-0.4, -0.2) is 24.5 Å². The molecule has 0 bridgehead atoms. The zero-order valence-electron chi connectivity index (χ0n) is 13.0. The molecule has 0 radical (unpaired) electrons. The molecule has 1 saturated carbocycles. The Hall–Kier alpha value is -1.36. The van der Waals surface area contributed by atoms with Crippen LogP contribution in [0.4, 0.5) is 0 Å². The van der Waals surface area contributed by atoms with Crippen LogP contribution in [0.5, 0.6) is 0 Å². The van der Waals surface area contributed by atoms with Gasteiger partial charge < -0.3 is 10.1 Å². The Balaban J connectivity index is 1.81. The van der Waals surface area contributed by atoms with Crippen LogP contribution in [0.15, 0.2) is 28.7 Å². The second-order valence-corrected chi connectivity index (χ2v) is 6.94. The van der Waals surface area contributed by atoms with E-state index in [0.717, 1.165) is 17.3 Å². The average Bonchev–Trinajstić information content (AvgIpc) is 2.49. The highest BCUT2D eigenvalue weighted by molar-refractivity contribution is 9.10. The molecule has 3 atom stereocenters. The second-order valence-electron chi connectivity index (χ2n) is 6.03. The zero-order chi connectivity index (χ0) is 16.1. The average molecular weight is 368 g/mol. The number of hydrogen-bond donors (Lipinski definition) is 1. The summed E-state index contributed by atoms with van der Waals surface area (Å²) >= 11 is 3.30. The SMILES string of the molecule is C[C@@H]1[C@H](C)CCC[C@@H]1NC(=O)COC(=O)c1cccc(Br)c1. The van der Waals surface area contributed by atoms with Gasteiger partial charge in [-0.05, 0) is 36.5 Å². The molecule has 1 N–H and O–H groups in total. The van der Waals surface area contributed by atoms with Gasteiger partial charge in [0.05, 0.1) is 5.56 Å². The smallest absolute Gasteiger partial charge is 0.338 e. The maximum atomic E-state index is 12.0. The minimum atomic E-state index is -0.485. The molecule has 0 aliphatic heterocycles. The molecule has 0 saturated heterocycles. The fraction of sp³-hybridized carbons (Fsp3) is 0.529. The lowest BCUT2D eigenvalue weighted by molar-refractivity contribution is -0.125. The predicted molar refractivity (Wildman–Crippen MR) is 88.5 cm³/mol. The molecule has 4 nitrogen and oxygen atoms in total. The molecule has 0 aromatic heterocycles. The van der Waals surface area contributed by atoms with Crippen molar-refractivity contribution in [1.82, 2.24) is 5.32 Å². The number of esters is 1. The summed E-state index contributed by atoms with van der Waals surface area (Å²) in [5.41, 5.74) is 0.432. The minimum Gasteiger partial charge on any atom is -0.452 e. The van der Waals surface area contributed by atoms with E-state index in [1.807, 2.05) is 6.07 Å². The standard InChI is InChI=1S/C17H22BrNO3/c1-11-5-3-8-15(12(11)2)19-16(20)10-22-17(21)13-6-4-7-14(18)9-13/h4,6-7,9,11-12,15H,3,5,8,10H2,1-2H3,(H,19,20)/t11-,12-,15+/m1/s1. The van der Waals surface area contributed by atoms with Crippen LogP contribution >= 0.6 is 15.9 Å². The maximum Gasteiger partial charge on any atom is 0.338 e. The van der Waals surface area contributed by atoms with Crippen LogP contribution in [-0.2, 0) is 9.53 Å². The van der Waals surface area contributed by atoms with Crippen molar-refractivity contribution in [1.29, 1.82) is 0 Å². The van der Waals surface area contributed by atoms with Crippen molar-refractivity contribution >= 4 is 27.8 Å². The van der Waals surface area contributed by atoms with Crippen LogP contribution in [0.3, 0.4) is 0 Å². The zero-order valence-corrected chi connectivity index (χ0v) is 14.6.